The van der Waals surface area contributed by atoms with Crippen molar-refractivity contribution >= 4 is 5.82 Å². The summed E-state index contributed by atoms with van der Waals surface area (Å²) in [5.41, 5.74) is 3.52. The van der Waals surface area contributed by atoms with Crippen LogP contribution < -0.4 is 10.2 Å². The van der Waals surface area contributed by atoms with Crippen LogP contribution in [-0.4, -0.2) is 41.1 Å². The normalized spacial score (nSPS) is 18.9. The molecule has 23 heavy (non-hydrogen) atoms. The van der Waals surface area contributed by atoms with Crippen molar-refractivity contribution in [2.45, 2.75) is 38.5 Å². The van der Waals surface area contributed by atoms with Crippen LogP contribution in [0.25, 0.3) is 11.5 Å². The molecule has 2 N–H and O–H groups in total. The van der Waals surface area contributed by atoms with Gasteiger partial charge in [-0.2, -0.15) is 0 Å². The minimum atomic E-state index is 0.700. The van der Waals surface area contributed by atoms with Gasteiger partial charge in [-0.15, -0.1) is 0 Å². The standard InChI is InChI=1S/C18H25N5/c1-2-14-17(13-7-8-13)22-18(21-14)15-5-3-6-16(20-15)23-11-4-9-19-10-12-23/h3,5-6,13,19H,2,4,7-12H2,1H3,(H,21,22). The molecule has 0 bridgehead atoms. The second-order valence-corrected chi connectivity index (χ2v) is 6.55. The van der Waals surface area contributed by atoms with Gasteiger partial charge in [-0.3, -0.25) is 0 Å². The van der Waals surface area contributed by atoms with Crippen molar-refractivity contribution in [3.8, 4) is 11.5 Å². The maximum absolute atomic E-state index is 4.88. The molecule has 1 aliphatic heterocycles. The summed E-state index contributed by atoms with van der Waals surface area (Å²) in [6, 6.07) is 6.27. The molecule has 1 saturated carbocycles. The minimum Gasteiger partial charge on any atom is -0.355 e. The maximum Gasteiger partial charge on any atom is 0.156 e. The number of nitrogens with zero attached hydrogens (tertiary/aromatic N) is 3. The summed E-state index contributed by atoms with van der Waals surface area (Å²) in [5, 5.41) is 3.44. The fourth-order valence-electron chi connectivity index (χ4n) is 3.33. The van der Waals surface area contributed by atoms with E-state index in [1.807, 2.05) is 0 Å². The van der Waals surface area contributed by atoms with E-state index >= 15 is 0 Å². The van der Waals surface area contributed by atoms with Crippen LogP contribution in [0.5, 0.6) is 0 Å². The first kappa shape index (κ1) is 14.7. The Labute approximate surface area is 137 Å². The molecule has 1 saturated heterocycles. The van der Waals surface area contributed by atoms with Gasteiger partial charge in [-0.05, 0) is 44.4 Å². The van der Waals surface area contributed by atoms with Gasteiger partial charge in [0.15, 0.2) is 5.82 Å². The Morgan fingerprint density at radius 2 is 2.09 bits per heavy atom. The molecule has 0 unspecified atom stereocenters. The monoisotopic (exact) mass is 311 g/mol. The Bertz CT molecular complexity index is 666. The number of pyridine rings is 1. The first-order valence-electron chi connectivity index (χ1n) is 8.87. The lowest BCUT2D eigenvalue weighted by atomic mass is 10.2. The Hall–Kier alpha value is -1.88. The summed E-state index contributed by atoms with van der Waals surface area (Å²) in [4.78, 5) is 15.6. The van der Waals surface area contributed by atoms with Crippen LogP contribution >= 0.6 is 0 Å². The maximum atomic E-state index is 4.88. The zero-order valence-corrected chi connectivity index (χ0v) is 13.8. The molecule has 0 atom stereocenters. The van der Waals surface area contributed by atoms with Crippen LogP contribution in [0.1, 0.15) is 43.5 Å². The second kappa shape index (κ2) is 6.32. The number of aromatic nitrogens is 3. The largest absolute Gasteiger partial charge is 0.355 e. The lowest BCUT2D eigenvalue weighted by Crippen LogP contribution is -2.28. The molecule has 3 heterocycles. The molecule has 2 aromatic rings. The van der Waals surface area contributed by atoms with Crippen molar-refractivity contribution in [3.05, 3.63) is 29.6 Å². The van der Waals surface area contributed by atoms with Gasteiger partial charge in [-0.25, -0.2) is 9.97 Å². The van der Waals surface area contributed by atoms with E-state index in [9.17, 15) is 0 Å². The van der Waals surface area contributed by atoms with Crippen LogP contribution in [0.2, 0.25) is 0 Å². The summed E-state index contributed by atoms with van der Waals surface area (Å²) >= 11 is 0. The van der Waals surface area contributed by atoms with Gasteiger partial charge in [0.2, 0.25) is 0 Å². The van der Waals surface area contributed by atoms with Crippen molar-refractivity contribution in [1.29, 1.82) is 0 Å². The number of aryl methyl sites for hydroxylation is 1. The first-order chi connectivity index (χ1) is 11.3. The fraction of sp³-hybridized carbons (Fsp3) is 0.556. The summed E-state index contributed by atoms with van der Waals surface area (Å²) in [6.45, 7) is 6.38. The van der Waals surface area contributed by atoms with Crippen molar-refractivity contribution < 1.29 is 0 Å². The summed E-state index contributed by atoms with van der Waals surface area (Å²) in [6.07, 6.45) is 4.74. The quantitative estimate of drug-likeness (QED) is 0.911. The molecule has 5 nitrogen and oxygen atoms in total. The number of imidazole rings is 1. The summed E-state index contributed by atoms with van der Waals surface area (Å²) in [5.74, 6) is 2.69. The van der Waals surface area contributed by atoms with Gasteiger partial charge in [0.25, 0.3) is 0 Å². The highest BCUT2D eigenvalue weighted by Crippen LogP contribution is 2.41. The number of hydrogen-bond donors (Lipinski definition) is 2. The Morgan fingerprint density at radius 3 is 2.91 bits per heavy atom. The molecule has 0 amide bonds. The van der Waals surface area contributed by atoms with E-state index < -0.39 is 0 Å². The highest BCUT2D eigenvalue weighted by Gasteiger charge is 2.28. The predicted molar refractivity (Wildman–Crippen MR) is 92.9 cm³/mol. The molecule has 1 aliphatic carbocycles. The number of anilines is 1. The number of aromatic amines is 1. The fourth-order valence-corrected chi connectivity index (χ4v) is 3.33. The van der Waals surface area contributed by atoms with Crippen molar-refractivity contribution in [2.75, 3.05) is 31.1 Å². The van der Waals surface area contributed by atoms with Gasteiger partial charge < -0.3 is 15.2 Å². The highest BCUT2D eigenvalue weighted by atomic mass is 15.2. The van der Waals surface area contributed by atoms with E-state index in [1.54, 1.807) is 0 Å². The zero-order chi connectivity index (χ0) is 15.6. The molecule has 4 rings (SSSR count). The smallest absolute Gasteiger partial charge is 0.156 e. The molecule has 2 aromatic heterocycles. The van der Waals surface area contributed by atoms with E-state index in [2.05, 4.69) is 40.3 Å². The molecule has 122 valence electrons. The third kappa shape index (κ3) is 3.11. The number of nitrogens with one attached hydrogen (secondary N) is 2. The molecule has 0 spiro atoms. The average molecular weight is 311 g/mol. The molecule has 5 heteroatoms. The van der Waals surface area contributed by atoms with Crippen LogP contribution in [-0.2, 0) is 6.42 Å². The van der Waals surface area contributed by atoms with Gasteiger partial charge >= 0.3 is 0 Å². The first-order valence-corrected chi connectivity index (χ1v) is 8.87. The van der Waals surface area contributed by atoms with Crippen LogP contribution in [0, 0.1) is 0 Å². The van der Waals surface area contributed by atoms with Crippen molar-refractivity contribution in [3.63, 3.8) is 0 Å². The number of H-pyrrole nitrogens is 1. The summed E-state index contributed by atoms with van der Waals surface area (Å²) < 4.78 is 0. The van der Waals surface area contributed by atoms with Crippen molar-refractivity contribution in [2.24, 2.45) is 0 Å². The summed E-state index contributed by atoms with van der Waals surface area (Å²) in [7, 11) is 0. The van der Waals surface area contributed by atoms with E-state index in [1.165, 1.54) is 30.7 Å². The van der Waals surface area contributed by atoms with Crippen LogP contribution in [0.15, 0.2) is 18.2 Å². The second-order valence-electron chi connectivity index (χ2n) is 6.55. The zero-order valence-electron chi connectivity index (χ0n) is 13.8. The van der Waals surface area contributed by atoms with Gasteiger partial charge in [-0.1, -0.05) is 13.0 Å². The number of hydrogen-bond acceptors (Lipinski definition) is 4. The minimum absolute atomic E-state index is 0.700. The molecule has 0 aromatic carbocycles. The molecule has 2 fully saturated rings. The topological polar surface area (TPSA) is 56.8 Å². The SMILES string of the molecule is CCc1nc(-c2cccc(N3CCCNCC3)n2)[nH]c1C1CC1. The molecule has 2 aliphatic rings. The molecular weight excluding hydrogens is 286 g/mol. The average Bonchev–Trinajstić information content (AvgIpc) is 3.39. The van der Waals surface area contributed by atoms with Crippen molar-refractivity contribution in [1.82, 2.24) is 20.3 Å². The van der Waals surface area contributed by atoms with Crippen LogP contribution in [0.4, 0.5) is 5.82 Å². The highest BCUT2D eigenvalue weighted by molar-refractivity contribution is 5.55. The Morgan fingerprint density at radius 1 is 1.17 bits per heavy atom. The van der Waals surface area contributed by atoms with E-state index in [4.69, 9.17) is 9.97 Å². The van der Waals surface area contributed by atoms with E-state index in [-0.39, 0.29) is 0 Å². The Kier molecular flexibility index (Phi) is 4.04. The lowest BCUT2D eigenvalue weighted by molar-refractivity contribution is 0.724. The van der Waals surface area contributed by atoms with Gasteiger partial charge in [0, 0.05) is 31.2 Å². The molecule has 0 radical (unpaired) electrons. The van der Waals surface area contributed by atoms with E-state index in [0.717, 1.165) is 49.9 Å². The van der Waals surface area contributed by atoms with Gasteiger partial charge in [0.05, 0.1) is 5.69 Å². The number of rotatable bonds is 4. The Balaban J connectivity index is 1.62. The third-order valence-corrected chi connectivity index (χ3v) is 4.77. The third-order valence-electron chi connectivity index (χ3n) is 4.77. The lowest BCUT2D eigenvalue weighted by Gasteiger charge is -2.21. The van der Waals surface area contributed by atoms with Crippen LogP contribution in [0.3, 0.4) is 0 Å². The predicted octanol–water partition coefficient (Wildman–Crippen LogP) is 2.71. The van der Waals surface area contributed by atoms with E-state index in [0.29, 0.717) is 5.92 Å². The van der Waals surface area contributed by atoms with Gasteiger partial charge in [0.1, 0.15) is 11.5 Å². The molecular formula is C18H25N5.